The number of carbonyl (C=O) groups excluding carboxylic acids is 2. The van der Waals surface area contributed by atoms with E-state index in [-0.39, 0.29) is 5.91 Å². The summed E-state index contributed by atoms with van der Waals surface area (Å²) in [5.74, 6) is -5.32. The van der Waals surface area contributed by atoms with Crippen molar-refractivity contribution in [1.82, 2.24) is 10.6 Å². The molecule has 0 spiro atoms. The molecule has 1 aliphatic rings. The zero-order valence-electron chi connectivity index (χ0n) is 13.8. The van der Waals surface area contributed by atoms with Crippen LogP contribution < -0.4 is 15.4 Å². The highest BCUT2D eigenvalue weighted by molar-refractivity contribution is 5.86. The molecule has 1 fully saturated rings. The van der Waals surface area contributed by atoms with Gasteiger partial charge < -0.3 is 15.4 Å². The number of nitrogens with one attached hydrogen (secondary N) is 2. The van der Waals surface area contributed by atoms with Gasteiger partial charge in [0.1, 0.15) is 5.75 Å². The van der Waals surface area contributed by atoms with Gasteiger partial charge in [-0.3, -0.25) is 9.59 Å². The summed E-state index contributed by atoms with van der Waals surface area (Å²) < 4.78 is 33.7. The van der Waals surface area contributed by atoms with Gasteiger partial charge in [0, 0.05) is 18.7 Å². The summed E-state index contributed by atoms with van der Waals surface area (Å²) in [6, 6.07) is 4.51. The van der Waals surface area contributed by atoms with E-state index in [2.05, 4.69) is 10.6 Å². The molecule has 0 saturated heterocycles. The van der Waals surface area contributed by atoms with Gasteiger partial charge in [-0.15, -0.1) is 0 Å². The van der Waals surface area contributed by atoms with Crippen molar-refractivity contribution in [3.05, 3.63) is 29.8 Å². The van der Waals surface area contributed by atoms with Crippen LogP contribution in [-0.4, -0.2) is 32.0 Å². The number of hydrogen-bond acceptors (Lipinski definition) is 3. The van der Waals surface area contributed by atoms with E-state index < -0.39 is 29.4 Å². The number of alkyl halides is 2. The molecule has 5 nitrogen and oxygen atoms in total. The largest absolute Gasteiger partial charge is 0.497 e. The van der Waals surface area contributed by atoms with Crippen molar-refractivity contribution in [2.45, 2.75) is 37.6 Å². The first kappa shape index (κ1) is 18.2. The van der Waals surface area contributed by atoms with E-state index in [9.17, 15) is 18.4 Å². The number of ether oxygens (including phenoxy) is 1. The molecule has 2 unspecified atom stereocenters. The summed E-state index contributed by atoms with van der Waals surface area (Å²) in [5.41, 5.74) is -0.409. The van der Waals surface area contributed by atoms with Crippen molar-refractivity contribution >= 4 is 11.8 Å². The summed E-state index contributed by atoms with van der Waals surface area (Å²) in [5, 5.41) is 4.90. The van der Waals surface area contributed by atoms with Crippen molar-refractivity contribution in [3.63, 3.8) is 0 Å². The summed E-state index contributed by atoms with van der Waals surface area (Å²) in [6.07, 6.45) is 2.74. The molecule has 2 atom stereocenters. The number of amides is 2. The number of carbonyl (C=O) groups is 2. The van der Waals surface area contributed by atoms with Gasteiger partial charge in [-0.25, -0.2) is 0 Å². The third kappa shape index (κ3) is 3.83. The van der Waals surface area contributed by atoms with Crippen molar-refractivity contribution in [1.29, 1.82) is 0 Å². The van der Waals surface area contributed by atoms with Crippen LogP contribution in [0, 0.1) is 5.92 Å². The zero-order chi connectivity index (χ0) is 17.7. The lowest BCUT2D eigenvalue weighted by Gasteiger charge is -2.32. The number of methoxy groups -OCH3 is 1. The van der Waals surface area contributed by atoms with Gasteiger partial charge in [-0.05, 0) is 37.1 Å². The molecule has 132 valence electrons. The molecule has 0 heterocycles. The Balaban J connectivity index is 2.12. The minimum absolute atomic E-state index is 0.229. The monoisotopic (exact) mass is 340 g/mol. The Bertz CT molecular complexity index is 590. The van der Waals surface area contributed by atoms with Crippen LogP contribution in [-0.2, 0) is 15.5 Å². The van der Waals surface area contributed by atoms with E-state index in [0.717, 1.165) is 25.0 Å². The predicted molar refractivity (Wildman–Crippen MR) is 84.8 cm³/mol. The first-order valence-corrected chi connectivity index (χ1v) is 7.95. The molecular formula is C17H22F2N2O3. The number of halogens is 2. The molecule has 2 N–H and O–H groups in total. The molecule has 24 heavy (non-hydrogen) atoms. The fraction of sp³-hybridized carbons (Fsp3) is 0.529. The molecule has 1 aliphatic carbocycles. The summed E-state index contributed by atoms with van der Waals surface area (Å²) in [4.78, 5) is 24.0. The average molecular weight is 340 g/mol. The third-order valence-electron chi connectivity index (χ3n) is 4.40. The topological polar surface area (TPSA) is 67.4 Å². The Kier molecular flexibility index (Phi) is 5.75. The standard InChI is InChI=1S/C17H22F2N2O3/c1-20-15(22)13-5-3-4-6-14(13)21-16(23)17(18,19)11-7-9-12(24-2)10-8-11/h7-10,13-14H,3-6H2,1-2H3,(H,20,22)(H,21,23). The van der Waals surface area contributed by atoms with Crippen LogP contribution in [0.5, 0.6) is 5.75 Å². The maximum absolute atomic E-state index is 14.4. The van der Waals surface area contributed by atoms with Gasteiger partial charge >= 0.3 is 5.92 Å². The summed E-state index contributed by atoms with van der Waals surface area (Å²) in [6.45, 7) is 0. The maximum atomic E-state index is 14.4. The molecular weight excluding hydrogens is 318 g/mol. The Morgan fingerprint density at radius 2 is 1.79 bits per heavy atom. The normalized spacial score (nSPS) is 21.0. The van der Waals surface area contributed by atoms with Crippen LogP contribution in [0.4, 0.5) is 8.78 Å². The van der Waals surface area contributed by atoms with Gasteiger partial charge in [0.15, 0.2) is 0 Å². The molecule has 0 bridgehead atoms. The highest BCUT2D eigenvalue weighted by Crippen LogP contribution is 2.31. The van der Waals surface area contributed by atoms with Gasteiger partial charge in [0.05, 0.1) is 13.0 Å². The quantitative estimate of drug-likeness (QED) is 0.864. The number of benzene rings is 1. The zero-order valence-corrected chi connectivity index (χ0v) is 13.8. The molecule has 2 rings (SSSR count). The van der Waals surface area contributed by atoms with Crippen LogP contribution in [0.25, 0.3) is 0 Å². The highest BCUT2D eigenvalue weighted by Gasteiger charge is 2.43. The molecule has 0 aromatic heterocycles. The first-order chi connectivity index (χ1) is 11.4. The SMILES string of the molecule is CNC(=O)C1CCCCC1NC(=O)C(F)(F)c1ccc(OC)cc1. The fourth-order valence-electron chi connectivity index (χ4n) is 2.99. The second-order valence-electron chi connectivity index (χ2n) is 5.89. The van der Waals surface area contributed by atoms with Crippen LogP contribution in [0.1, 0.15) is 31.2 Å². The van der Waals surface area contributed by atoms with Crippen molar-refractivity contribution in [2.24, 2.45) is 5.92 Å². The summed E-state index contributed by atoms with van der Waals surface area (Å²) >= 11 is 0. The lowest BCUT2D eigenvalue weighted by atomic mass is 9.83. The van der Waals surface area contributed by atoms with E-state index in [0.29, 0.717) is 18.6 Å². The van der Waals surface area contributed by atoms with Gasteiger partial charge in [-0.2, -0.15) is 8.78 Å². The molecule has 0 radical (unpaired) electrons. The Hall–Kier alpha value is -2.18. The van der Waals surface area contributed by atoms with Crippen LogP contribution >= 0.6 is 0 Å². The van der Waals surface area contributed by atoms with E-state index in [1.165, 1.54) is 26.3 Å². The van der Waals surface area contributed by atoms with Gasteiger partial charge in [0.25, 0.3) is 5.91 Å². The lowest BCUT2D eigenvalue weighted by Crippen LogP contribution is -2.51. The van der Waals surface area contributed by atoms with Gasteiger partial charge in [-0.1, -0.05) is 12.8 Å². The van der Waals surface area contributed by atoms with E-state index >= 15 is 0 Å². The van der Waals surface area contributed by atoms with Crippen molar-refractivity contribution in [3.8, 4) is 5.75 Å². The minimum Gasteiger partial charge on any atom is -0.497 e. The Morgan fingerprint density at radius 3 is 2.38 bits per heavy atom. The molecule has 2 amide bonds. The number of rotatable bonds is 5. The number of hydrogen-bond donors (Lipinski definition) is 2. The fourth-order valence-corrected chi connectivity index (χ4v) is 2.99. The van der Waals surface area contributed by atoms with Crippen LogP contribution in [0.15, 0.2) is 24.3 Å². The van der Waals surface area contributed by atoms with Gasteiger partial charge in [0.2, 0.25) is 5.91 Å². The smallest absolute Gasteiger partial charge is 0.349 e. The van der Waals surface area contributed by atoms with Crippen LogP contribution in [0.3, 0.4) is 0 Å². The molecule has 7 heteroatoms. The van der Waals surface area contributed by atoms with E-state index in [4.69, 9.17) is 4.74 Å². The average Bonchev–Trinajstić information content (AvgIpc) is 2.61. The minimum atomic E-state index is -3.67. The van der Waals surface area contributed by atoms with E-state index in [1.807, 2.05) is 0 Å². The van der Waals surface area contributed by atoms with Crippen molar-refractivity contribution < 1.29 is 23.1 Å². The van der Waals surface area contributed by atoms with Crippen molar-refractivity contribution in [2.75, 3.05) is 14.2 Å². The van der Waals surface area contributed by atoms with E-state index in [1.54, 1.807) is 0 Å². The molecule has 1 aromatic rings. The Labute approximate surface area is 139 Å². The molecule has 1 aromatic carbocycles. The maximum Gasteiger partial charge on any atom is 0.349 e. The molecule has 0 aliphatic heterocycles. The summed E-state index contributed by atoms with van der Waals surface area (Å²) in [7, 11) is 2.93. The molecule has 1 saturated carbocycles. The third-order valence-corrected chi connectivity index (χ3v) is 4.40. The predicted octanol–water partition coefficient (Wildman–Crippen LogP) is 2.21. The Morgan fingerprint density at radius 1 is 1.17 bits per heavy atom. The van der Waals surface area contributed by atoms with Crippen LogP contribution in [0.2, 0.25) is 0 Å². The lowest BCUT2D eigenvalue weighted by molar-refractivity contribution is -0.149. The second-order valence-corrected chi connectivity index (χ2v) is 5.89. The second kappa shape index (κ2) is 7.59. The highest BCUT2D eigenvalue weighted by atomic mass is 19.3. The first-order valence-electron chi connectivity index (χ1n) is 7.95.